The van der Waals surface area contributed by atoms with Crippen LogP contribution in [0.4, 0.5) is 0 Å². The zero-order valence-electron chi connectivity index (χ0n) is 7.84. The lowest BCUT2D eigenvalue weighted by atomic mass is 10.3. The number of rotatable bonds is 5. The molecule has 0 aromatic rings. The normalized spacial score (nSPS) is 9.58. The molecular formula is C9H17NO2. The Balaban J connectivity index is 3.96. The van der Waals surface area contributed by atoms with Crippen LogP contribution in [-0.4, -0.2) is 35.6 Å². The van der Waals surface area contributed by atoms with Gasteiger partial charge in [0.05, 0.1) is 0 Å². The van der Waals surface area contributed by atoms with E-state index in [9.17, 15) is 4.79 Å². The van der Waals surface area contributed by atoms with Crippen LogP contribution < -0.4 is 0 Å². The number of likely N-dealkylation sites (N-methyl/N-ethyl adjacent to an activating group) is 1. The number of nitrogens with zero attached hydrogens (tertiary/aromatic N) is 1. The summed E-state index contributed by atoms with van der Waals surface area (Å²) in [6.07, 6.45) is 0.632. The Morgan fingerprint density at radius 1 is 1.58 bits per heavy atom. The molecule has 0 saturated carbocycles. The molecule has 0 aliphatic heterocycles. The molecule has 1 N–H and O–H groups in total. The molecule has 0 aliphatic carbocycles. The van der Waals surface area contributed by atoms with Gasteiger partial charge in [-0.15, -0.1) is 0 Å². The molecule has 0 rings (SSSR count). The lowest BCUT2D eigenvalue weighted by Crippen LogP contribution is -2.32. The number of carbonyl (C=O) groups is 1. The van der Waals surface area contributed by atoms with Gasteiger partial charge in [0.1, 0.15) is 0 Å². The standard InChI is InChI=1S/C9H17NO2/c1-4-10(6-5-7-11)9(12)8(2)3/h11H,2,4-7H2,1,3H3. The molecule has 0 atom stereocenters. The van der Waals surface area contributed by atoms with E-state index < -0.39 is 0 Å². The molecule has 3 nitrogen and oxygen atoms in total. The van der Waals surface area contributed by atoms with E-state index in [2.05, 4.69) is 6.58 Å². The maximum Gasteiger partial charge on any atom is 0.248 e. The van der Waals surface area contributed by atoms with Crippen LogP contribution in [0.15, 0.2) is 12.2 Å². The van der Waals surface area contributed by atoms with Gasteiger partial charge in [0, 0.05) is 25.3 Å². The van der Waals surface area contributed by atoms with Crippen LogP contribution in [0.25, 0.3) is 0 Å². The Hall–Kier alpha value is -0.830. The average molecular weight is 171 g/mol. The van der Waals surface area contributed by atoms with Crippen molar-refractivity contribution in [2.45, 2.75) is 20.3 Å². The molecule has 0 saturated heterocycles. The Morgan fingerprint density at radius 2 is 2.17 bits per heavy atom. The van der Waals surface area contributed by atoms with Crippen LogP contribution in [-0.2, 0) is 4.79 Å². The van der Waals surface area contributed by atoms with E-state index in [0.717, 1.165) is 0 Å². The molecule has 0 aromatic heterocycles. The molecule has 0 unspecified atom stereocenters. The van der Waals surface area contributed by atoms with E-state index in [-0.39, 0.29) is 12.5 Å². The molecule has 70 valence electrons. The van der Waals surface area contributed by atoms with Crippen molar-refractivity contribution in [1.29, 1.82) is 0 Å². The van der Waals surface area contributed by atoms with E-state index in [1.54, 1.807) is 11.8 Å². The Morgan fingerprint density at radius 3 is 2.50 bits per heavy atom. The third kappa shape index (κ3) is 3.53. The maximum absolute atomic E-state index is 11.3. The first-order chi connectivity index (χ1) is 5.63. The summed E-state index contributed by atoms with van der Waals surface area (Å²) in [5, 5.41) is 8.57. The van der Waals surface area contributed by atoms with Crippen molar-refractivity contribution in [2.24, 2.45) is 0 Å². The van der Waals surface area contributed by atoms with Gasteiger partial charge in [-0.25, -0.2) is 0 Å². The van der Waals surface area contributed by atoms with Gasteiger partial charge in [-0.3, -0.25) is 4.79 Å². The summed E-state index contributed by atoms with van der Waals surface area (Å²) in [6, 6.07) is 0. The second-order valence-electron chi connectivity index (χ2n) is 2.74. The maximum atomic E-state index is 11.3. The molecule has 0 heterocycles. The highest BCUT2D eigenvalue weighted by Gasteiger charge is 2.10. The van der Waals surface area contributed by atoms with Crippen LogP contribution in [0.5, 0.6) is 0 Å². The van der Waals surface area contributed by atoms with Gasteiger partial charge >= 0.3 is 0 Å². The number of aliphatic hydroxyl groups is 1. The van der Waals surface area contributed by atoms with Gasteiger partial charge in [0.2, 0.25) is 5.91 Å². The van der Waals surface area contributed by atoms with E-state index in [4.69, 9.17) is 5.11 Å². The zero-order chi connectivity index (χ0) is 9.56. The number of hydrogen-bond acceptors (Lipinski definition) is 2. The first-order valence-corrected chi connectivity index (χ1v) is 4.19. The third-order valence-corrected chi connectivity index (χ3v) is 1.62. The van der Waals surface area contributed by atoms with Crippen LogP contribution >= 0.6 is 0 Å². The number of hydrogen-bond donors (Lipinski definition) is 1. The third-order valence-electron chi connectivity index (χ3n) is 1.62. The minimum atomic E-state index is -0.0223. The highest BCUT2D eigenvalue weighted by Crippen LogP contribution is 1.99. The lowest BCUT2D eigenvalue weighted by molar-refractivity contribution is -0.127. The van der Waals surface area contributed by atoms with Crippen LogP contribution in [0, 0.1) is 0 Å². The van der Waals surface area contributed by atoms with Crippen molar-refractivity contribution in [3.05, 3.63) is 12.2 Å². The fourth-order valence-electron chi connectivity index (χ4n) is 0.935. The van der Waals surface area contributed by atoms with Crippen LogP contribution in [0.3, 0.4) is 0 Å². The summed E-state index contributed by atoms with van der Waals surface area (Å²) >= 11 is 0. The highest BCUT2D eigenvalue weighted by atomic mass is 16.3. The highest BCUT2D eigenvalue weighted by molar-refractivity contribution is 5.92. The van der Waals surface area contributed by atoms with Crippen molar-refractivity contribution in [2.75, 3.05) is 19.7 Å². The zero-order valence-corrected chi connectivity index (χ0v) is 7.84. The smallest absolute Gasteiger partial charge is 0.248 e. The number of carbonyl (C=O) groups excluding carboxylic acids is 1. The molecular weight excluding hydrogens is 154 g/mol. The quantitative estimate of drug-likeness (QED) is 0.621. The Kier molecular flexibility index (Phi) is 5.37. The van der Waals surface area contributed by atoms with E-state index in [1.807, 2.05) is 6.92 Å². The summed E-state index contributed by atoms with van der Waals surface area (Å²) in [4.78, 5) is 13.0. The molecule has 0 aromatic carbocycles. The van der Waals surface area contributed by atoms with Gasteiger partial charge in [0.15, 0.2) is 0 Å². The summed E-state index contributed by atoms with van der Waals surface area (Å²) in [6.45, 7) is 8.60. The first kappa shape index (κ1) is 11.2. The molecule has 0 fully saturated rings. The van der Waals surface area contributed by atoms with Crippen LogP contribution in [0.1, 0.15) is 20.3 Å². The second kappa shape index (κ2) is 5.77. The van der Waals surface area contributed by atoms with Gasteiger partial charge in [0.25, 0.3) is 0 Å². The monoisotopic (exact) mass is 171 g/mol. The molecule has 12 heavy (non-hydrogen) atoms. The summed E-state index contributed by atoms with van der Waals surface area (Å²) < 4.78 is 0. The van der Waals surface area contributed by atoms with Gasteiger partial charge in [-0.1, -0.05) is 6.58 Å². The number of aliphatic hydroxyl groups excluding tert-OH is 1. The lowest BCUT2D eigenvalue weighted by Gasteiger charge is -2.20. The van der Waals surface area contributed by atoms with Gasteiger partial charge in [-0.2, -0.15) is 0 Å². The minimum absolute atomic E-state index is 0.0223. The average Bonchev–Trinajstić information content (AvgIpc) is 2.05. The molecule has 0 radical (unpaired) electrons. The largest absolute Gasteiger partial charge is 0.396 e. The van der Waals surface area contributed by atoms with Gasteiger partial charge < -0.3 is 10.0 Å². The van der Waals surface area contributed by atoms with E-state index >= 15 is 0 Å². The molecule has 0 aliphatic rings. The molecule has 1 amide bonds. The van der Waals surface area contributed by atoms with Crippen molar-refractivity contribution in [1.82, 2.24) is 4.90 Å². The topological polar surface area (TPSA) is 40.5 Å². The fourth-order valence-corrected chi connectivity index (χ4v) is 0.935. The van der Waals surface area contributed by atoms with Crippen molar-refractivity contribution < 1.29 is 9.90 Å². The Bertz CT molecular complexity index is 166. The summed E-state index contributed by atoms with van der Waals surface area (Å²) in [7, 11) is 0. The first-order valence-electron chi connectivity index (χ1n) is 4.19. The molecule has 3 heteroatoms. The molecule has 0 spiro atoms. The minimum Gasteiger partial charge on any atom is -0.396 e. The van der Waals surface area contributed by atoms with E-state index in [0.29, 0.717) is 25.1 Å². The molecule has 0 bridgehead atoms. The summed E-state index contributed by atoms with van der Waals surface area (Å²) in [5.41, 5.74) is 0.551. The second-order valence-corrected chi connectivity index (χ2v) is 2.74. The summed E-state index contributed by atoms with van der Waals surface area (Å²) in [5.74, 6) is -0.0223. The fraction of sp³-hybridized carbons (Fsp3) is 0.667. The SMILES string of the molecule is C=C(C)C(=O)N(CC)CCCO. The predicted octanol–water partition coefficient (Wildman–Crippen LogP) is 0.793. The van der Waals surface area contributed by atoms with Crippen molar-refractivity contribution in [3.8, 4) is 0 Å². The van der Waals surface area contributed by atoms with Crippen molar-refractivity contribution in [3.63, 3.8) is 0 Å². The Labute approximate surface area is 73.7 Å². The predicted molar refractivity (Wildman–Crippen MR) is 48.8 cm³/mol. The van der Waals surface area contributed by atoms with Crippen LogP contribution in [0.2, 0.25) is 0 Å². The van der Waals surface area contributed by atoms with Gasteiger partial charge in [-0.05, 0) is 20.3 Å². The van der Waals surface area contributed by atoms with Crippen molar-refractivity contribution >= 4 is 5.91 Å². The van der Waals surface area contributed by atoms with E-state index in [1.165, 1.54) is 0 Å². The number of amides is 1.